The zero-order chi connectivity index (χ0) is 19.6. The molecule has 28 heavy (non-hydrogen) atoms. The molecular formula is C19H25ClN4O4. The van der Waals surface area contributed by atoms with E-state index in [1.54, 1.807) is 29.1 Å². The Bertz CT molecular complexity index is 839. The minimum Gasteiger partial charge on any atom is -0.497 e. The van der Waals surface area contributed by atoms with Gasteiger partial charge in [-0.25, -0.2) is 0 Å². The molecule has 3 N–H and O–H groups in total. The molecule has 2 aromatic rings. The summed E-state index contributed by atoms with van der Waals surface area (Å²) in [7, 11) is 3.08. The van der Waals surface area contributed by atoms with Crippen molar-refractivity contribution in [1.29, 1.82) is 0 Å². The van der Waals surface area contributed by atoms with Crippen LogP contribution in [0.25, 0.3) is 0 Å². The fourth-order valence-corrected chi connectivity index (χ4v) is 3.44. The molecule has 1 aromatic heterocycles. The normalized spacial score (nSPS) is 16.9. The largest absolute Gasteiger partial charge is 0.497 e. The molecule has 1 fully saturated rings. The van der Waals surface area contributed by atoms with Gasteiger partial charge in [0.25, 0.3) is 5.91 Å². The third kappa shape index (κ3) is 4.28. The Morgan fingerprint density at radius 3 is 2.36 bits per heavy atom. The lowest BCUT2D eigenvalue weighted by atomic mass is 9.89. The number of nitrogens with zero attached hydrogens (tertiary/aromatic N) is 2. The number of hydrogen-bond acceptors (Lipinski definition) is 6. The van der Waals surface area contributed by atoms with Crippen molar-refractivity contribution < 1.29 is 19.1 Å². The number of nitrogens with two attached hydrogens (primary N) is 1. The van der Waals surface area contributed by atoms with Crippen molar-refractivity contribution in [3.63, 3.8) is 0 Å². The van der Waals surface area contributed by atoms with Crippen LogP contribution < -0.4 is 20.5 Å². The molecule has 9 heteroatoms. The van der Waals surface area contributed by atoms with E-state index in [4.69, 9.17) is 15.2 Å². The first-order valence-corrected chi connectivity index (χ1v) is 8.77. The topological polar surface area (TPSA) is 108 Å². The highest BCUT2D eigenvalue weighted by Gasteiger charge is 2.30. The van der Waals surface area contributed by atoms with Crippen LogP contribution in [0.5, 0.6) is 11.5 Å². The molecule has 0 unspecified atom stereocenters. The molecule has 0 saturated carbocycles. The highest BCUT2D eigenvalue weighted by atomic mass is 35.5. The van der Waals surface area contributed by atoms with Gasteiger partial charge >= 0.3 is 0 Å². The zero-order valence-corrected chi connectivity index (χ0v) is 16.9. The summed E-state index contributed by atoms with van der Waals surface area (Å²) in [5.41, 5.74) is 6.83. The maximum atomic E-state index is 12.6. The Balaban J connectivity index is 0.00000280. The Kier molecular flexibility index (Phi) is 7.04. The van der Waals surface area contributed by atoms with Crippen molar-refractivity contribution in [1.82, 2.24) is 15.1 Å². The summed E-state index contributed by atoms with van der Waals surface area (Å²) in [6, 6.07) is 5.34. The number of primary amides is 1. The van der Waals surface area contributed by atoms with Gasteiger partial charge in [0.15, 0.2) is 0 Å². The first kappa shape index (κ1) is 21.7. The average molecular weight is 409 g/mol. The van der Waals surface area contributed by atoms with Crippen LogP contribution in [0, 0.1) is 0 Å². The van der Waals surface area contributed by atoms with Gasteiger partial charge in [-0.1, -0.05) is 0 Å². The number of nitrogens with one attached hydrogen (secondary N) is 1. The molecule has 3 rings (SSSR count). The number of amides is 1. The molecule has 2 heterocycles. The maximum Gasteiger partial charge on any atom is 0.252 e. The van der Waals surface area contributed by atoms with Crippen LogP contribution in [0.2, 0.25) is 0 Å². The number of halogens is 1. The van der Waals surface area contributed by atoms with Gasteiger partial charge < -0.3 is 20.5 Å². The van der Waals surface area contributed by atoms with E-state index in [1.807, 2.05) is 0 Å². The quantitative estimate of drug-likeness (QED) is 0.721. The number of aromatic nitrogens is 2. The van der Waals surface area contributed by atoms with Crippen LogP contribution in [0.4, 0.5) is 0 Å². The first-order valence-electron chi connectivity index (χ1n) is 8.77. The molecule has 0 bridgehead atoms. The van der Waals surface area contributed by atoms with Crippen LogP contribution in [0.3, 0.4) is 0 Å². The number of carbonyl (C=O) groups is 2. The standard InChI is InChI=1S/C19H24N4O4.ClH/c1-11(24)17(12-6-14(26-2)8-15(7-12)27-3)18-16(19(20)25)10-23(22-18)13-4-5-21-9-13;/h6-8,10,13,17,21H,4-5,9H2,1-3H3,(H2,20,25);1H/t13-,17-;/m0./s1. The Hall–Kier alpha value is -2.58. The fourth-order valence-electron chi connectivity index (χ4n) is 3.44. The highest BCUT2D eigenvalue weighted by molar-refractivity contribution is 5.97. The van der Waals surface area contributed by atoms with E-state index in [2.05, 4.69) is 10.4 Å². The summed E-state index contributed by atoms with van der Waals surface area (Å²) >= 11 is 0. The second kappa shape index (κ2) is 9.07. The lowest BCUT2D eigenvalue weighted by Crippen LogP contribution is -2.19. The van der Waals surface area contributed by atoms with Crippen molar-refractivity contribution in [2.24, 2.45) is 5.73 Å². The van der Waals surface area contributed by atoms with Gasteiger partial charge in [-0.15, -0.1) is 12.4 Å². The molecular weight excluding hydrogens is 384 g/mol. The molecule has 1 aliphatic rings. The van der Waals surface area contributed by atoms with E-state index in [1.165, 1.54) is 21.1 Å². The third-order valence-electron chi connectivity index (χ3n) is 4.82. The van der Waals surface area contributed by atoms with E-state index >= 15 is 0 Å². The summed E-state index contributed by atoms with van der Waals surface area (Å²) < 4.78 is 12.4. The van der Waals surface area contributed by atoms with Gasteiger partial charge in [0.1, 0.15) is 17.3 Å². The molecule has 1 aromatic carbocycles. The number of ketones is 1. The average Bonchev–Trinajstić information content (AvgIpc) is 3.31. The number of carbonyl (C=O) groups excluding carboxylic acids is 2. The monoisotopic (exact) mass is 408 g/mol. The number of methoxy groups -OCH3 is 2. The molecule has 1 amide bonds. The van der Waals surface area contributed by atoms with Gasteiger partial charge in [-0.2, -0.15) is 5.10 Å². The first-order chi connectivity index (χ1) is 12.9. The van der Waals surface area contributed by atoms with Gasteiger partial charge in [0, 0.05) is 18.8 Å². The fraction of sp³-hybridized carbons (Fsp3) is 0.421. The molecule has 152 valence electrons. The van der Waals surface area contributed by atoms with Crippen LogP contribution in [0.1, 0.15) is 46.9 Å². The number of rotatable bonds is 7. The lowest BCUT2D eigenvalue weighted by Gasteiger charge is -2.16. The van der Waals surface area contributed by atoms with Gasteiger partial charge in [0.2, 0.25) is 0 Å². The van der Waals surface area contributed by atoms with Crippen LogP contribution in [0.15, 0.2) is 24.4 Å². The summed E-state index contributed by atoms with van der Waals surface area (Å²) in [6.07, 6.45) is 2.54. The summed E-state index contributed by atoms with van der Waals surface area (Å²) in [5, 5.41) is 7.86. The molecule has 0 aliphatic carbocycles. The SMILES string of the molecule is COc1cc(OC)cc([C@H](C(C)=O)c2nn([C@H]3CCNC3)cc2C(N)=O)c1.Cl. The van der Waals surface area contributed by atoms with Crippen molar-refractivity contribution in [2.75, 3.05) is 27.3 Å². The van der Waals surface area contributed by atoms with Crippen molar-refractivity contribution in [2.45, 2.75) is 25.3 Å². The van der Waals surface area contributed by atoms with Crippen LogP contribution >= 0.6 is 12.4 Å². The second-order valence-corrected chi connectivity index (χ2v) is 6.61. The van der Waals surface area contributed by atoms with Crippen molar-refractivity contribution >= 4 is 24.1 Å². The van der Waals surface area contributed by atoms with E-state index in [-0.39, 0.29) is 29.8 Å². The Morgan fingerprint density at radius 1 is 1.25 bits per heavy atom. The number of benzene rings is 1. The second-order valence-electron chi connectivity index (χ2n) is 6.61. The van der Waals surface area contributed by atoms with Gasteiger partial charge in [-0.05, 0) is 37.6 Å². The summed E-state index contributed by atoms with van der Waals surface area (Å²) in [6.45, 7) is 3.11. The minimum atomic E-state index is -0.743. The highest BCUT2D eigenvalue weighted by Crippen LogP contribution is 2.33. The van der Waals surface area contributed by atoms with E-state index in [9.17, 15) is 9.59 Å². The predicted molar refractivity (Wildman–Crippen MR) is 107 cm³/mol. The number of Topliss-reactive ketones (excluding diaryl/α,β-unsaturated/α-hetero) is 1. The van der Waals surface area contributed by atoms with Crippen LogP contribution in [-0.2, 0) is 4.79 Å². The molecule has 0 spiro atoms. The Labute approximate surface area is 169 Å². The molecule has 8 nitrogen and oxygen atoms in total. The van der Waals surface area contributed by atoms with Crippen molar-refractivity contribution in [3.05, 3.63) is 41.2 Å². The molecule has 0 radical (unpaired) electrons. The lowest BCUT2D eigenvalue weighted by molar-refractivity contribution is -0.117. The Morgan fingerprint density at radius 2 is 1.89 bits per heavy atom. The van der Waals surface area contributed by atoms with Gasteiger partial charge in [0.05, 0.1) is 37.4 Å². The minimum absolute atomic E-state index is 0. The maximum absolute atomic E-state index is 12.6. The van der Waals surface area contributed by atoms with E-state index in [0.29, 0.717) is 22.8 Å². The molecule has 2 atom stereocenters. The third-order valence-corrected chi connectivity index (χ3v) is 4.82. The van der Waals surface area contributed by atoms with Crippen molar-refractivity contribution in [3.8, 4) is 11.5 Å². The zero-order valence-electron chi connectivity index (χ0n) is 16.1. The van der Waals surface area contributed by atoms with Gasteiger partial charge in [-0.3, -0.25) is 14.3 Å². The van der Waals surface area contributed by atoms with E-state index < -0.39 is 11.8 Å². The molecule has 1 saturated heterocycles. The summed E-state index contributed by atoms with van der Waals surface area (Å²) in [5.74, 6) is -0.399. The molecule has 1 aliphatic heterocycles. The smallest absolute Gasteiger partial charge is 0.252 e. The number of ether oxygens (including phenoxy) is 2. The van der Waals surface area contributed by atoms with E-state index in [0.717, 1.165) is 19.5 Å². The predicted octanol–water partition coefficient (Wildman–Crippen LogP) is 1.68. The summed E-state index contributed by atoms with van der Waals surface area (Å²) in [4.78, 5) is 24.6. The number of hydrogen-bond donors (Lipinski definition) is 2. The van der Waals surface area contributed by atoms with Crippen LogP contribution in [-0.4, -0.2) is 48.8 Å².